The van der Waals surface area contributed by atoms with Crippen molar-refractivity contribution in [1.82, 2.24) is 9.78 Å². The zero-order valence-corrected chi connectivity index (χ0v) is 12.5. The molecule has 100 valence electrons. The molecule has 0 radical (unpaired) electrons. The molecule has 7 heteroatoms. The SMILES string of the molecule is CCn1ccc(NC(=S)Nc2cc(Cl)ccc2Cl)n1. The maximum Gasteiger partial charge on any atom is 0.176 e. The summed E-state index contributed by atoms with van der Waals surface area (Å²) in [5, 5.41) is 11.8. The van der Waals surface area contributed by atoms with Crippen molar-refractivity contribution >= 4 is 52.0 Å². The Labute approximate surface area is 126 Å². The van der Waals surface area contributed by atoms with Crippen molar-refractivity contribution in [2.24, 2.45) is 0 Å². The second-order valence-electron chi connectivity index (χ2n) is 3.76. The lowest BCUT2D eigenvalue weighted by molar-refractivity contribution is 0.662. The summed E-state index contributed by atoms with van der Waals surface area (Å²) in [5.41, 5.74) is 0.654. The minimum atomic E-state index is 0.408. The molecule has 0 spiro atoms. The number of aromatic nitrogens is 2. The summed E-state index contributed by atoms with van der Waals surface area (Å²) in [7, 11) is 0. The number of rotatable bonds is 3. The van der Waals surface area contributed by atoms with Gasteiger partial charge in [-0.25, -0.2) is 0 Å². The van der Waals surface area contributed by atoms with Crippen molar-refractivity contribution in [1.29, 1.82) is 0 Å². The Balaban J connectivity index is 2.03. The van der Waals surface area contributed by atoms with E-state index in [1.165, 1.54) is 0 Å². The second kappa shape index (κ2) is 6.23. The molecule has 19 heavy (non-hydrogen) atoms. The summed E-state index contributed by atoms with van der Waals surface area (Å²) in [6, 6.07) is 6.98. The van der Waals surface area contributed by atoms with Gasteiger partial charge in [-0.1, -0.05) is 23.2 Å². The molecule has 1 aromatic heterocycles. The van der Waals surface area contributed by atoms with Crippen LogP contribution in [0.3, 0.4) is 0 Å². The largest absolute Gasteiger partial charge is 0.331 e. The third kappa shape index (κ3) is 3.83. The molecular weight excluding hydrogens is 303 g/mol. The summed E-state index contributed by atoms with van der Waals surface area (Å²) >= 11 is 17.1. The Morgan fingerprint density at radius 2 is 2.11 bits per heavy atom. The van der Waals surface area contributed by atoms with E-state index in [9.17, 15) is 0 Å². The van der Waals surface area contributed by atoms with Gasteiger partial charge < -0.3 is 10.6 Å². The maximum atomic E-state index is 6.04. The van der Waals surface area contributed by atoms with Crippen LogP contribution in [-0.2, 0) is 6.54 Å². The molecular formula is C12H12Cl2N4S. The third-order valence-electron chi connectivity index (χ3n) is 2.38. The molecule has 0 aliphatic heterocycles. The topological polar surface area (TPSA) is 41.9 Å². The molecule has 0 bridgehead atoms. The number of benzene rings is 1. The molecule has 4 nitrogen and oxygen atoms in total. The lowest BCUT2D eigenvalue weighted by atomic mass is 10.3. The van der Waals surface area contributed by atoms with Crippen molar-refractivity contribution in [3.63, 3.8) is 0 Å². The van der Waals surface area contributed by atoms with E-state index in [4.69, 9.17) is 35.4 Å². The van der Waals surface area contributed by atoms with E-state index in [0.717, 1.165) is 6.54 Å². The van der Waals surface area contributed by atoms with Crippen molar-refractivity contribution in [3.8, 4) is 0 Å². The first-order chi connectivity index (χ1) is 9.08. The standard InChI is InChI=1S/C12H12Cl2N4S/c1-2-18-6-5-11(17-18)16-12(19)15-10-7-8(13)3-4-9(10)14/h3-7H,2H2,1H3,(H2,15,16,17,19). The third-order valence-corrected chi connectivity index (χ3v) is 3.15. The number of thiocarbonyl (C=S) groups is 1. The molecule has 1 aromatic carbocycles. The van der Waals surface area contributed by atoms with Gasteiger partial charge in [0.1, 0.15) is 0 Å². The highest BCUT2D eigenvalue weighted by molar-refractivity contribution is 7.80. The zero-order chi connectivity index (χ0) is 13.8. The molecule has 1 heterocycles. The number of hydrogen-bond acceptors (Lipinski definition) is 2. The molecule has 0 unspecified atom stereocenters. The number of halogens is 2. The fourth-order valence-corrected chi connectivity index (χ4v) is 2.02. The molecule has 0 saturated heterocycles. The van der Waals surface area contributed by atoms with Crippen LogP contribution in [0.25, 0.3) is 0 Å². The van der Waals surface area contributed by atoms with Gasteiger partial charge in [-0.05, 0) is 37.3 Å². The number of anilines is 2. The second-order valence-corrected chi connectivity index (χ2v) is 5.01. The molecule has 2 aromatic rings. The van der Waals surface area contributed by atoms with E-state index in [2.05, 4.69) is 15.7 Å². The lowest BCUT2D eigenvalue weighted by Gasteiger charge is -2.10. The summed E-state index contributed by atoms with van der Waals surface area (Å²) in [4.78, 5) is 0. The summed E-state index contributed by atoms with van der Waals surface area (Å²) in [6.45, 7) is 2.82. The Morgan fingerprint density at radius 1 is 1.32 bits per heavy atom. The Hall–Kier alpha value is -1.30. The smallest absolute Gasteiger partial charge is 0.176 e. The average molecular weight is 315 g/mol. The molecule has 2 rings (SSSR count). The van der Waals surface area contributed by atoms with Gasteiger partial charge >= 0.3 is 0 Å². The van der Waals surface area contributed by atoms with E-state index in [1.807, 2.05) is 19.2 Å². The van der Waals surface area contributed by atoms with Crippen molar-refractivity contribution in [2.45, 2.75) is 13.5 Å². The van der Waals surface area contributed by atoms with Crippen LogP contribution in [0.4, 0.5) is 11.5 Å². The highest BCUT2D eigenvalue weighted by atomic mass is 35.5. The van der Waals surface area contributed by atoms with Gasteiger partial charge in [0.05, 0.1) is 10.7 Å². The monoisotopic (exact) mass is 314 g/mol. The van der Waals surface area contributed by atoms with E-state index < -0.39 is 0 Å². The first-order valence-corrected chi connectivity index (χ1v) is 6.81. The quantitative estimate of drug-likeness (QED) is 0.840. The first-order valence-electron chi connectivity index (χ1n) is 5.65. The van der Waals surface area contributed by atoms with Gasteiger partial charge in [0, 0.05) is 23.8 Å². The fourth-order valence-electron chi connectivity index (χ4n) is 1.47. The summed E-state index contributed by atoms with van der Waals surface area (Å²) < 4.78 is 1.80. The molecule has 0 saturated carbocycles. The van der Waals surface area contributed by atoms with Crippen LogP contribution in [0.15, 0.2) is 30.5 Å². The minimum absolute atomic E-state index is 0.408. The fraction of sp³-hybridized carbons (Fsp3) is 0.167. The molecule has 0 aliphatic rings. The summed E-state index contributed by atoms with van der Waals surface area (Å²) in [5.74, 6) is 0.678. The van der Waals surface area contributed by atoms with Gasteiger partial charge in [-0.15, -0.1) is 0 Å². The van der Waals surface area contributed by atoms with Gasteiger partial charge in [0.15, 0.2) is 10.9 Å². The Bertz CT molecular complexity index is 597. The van der Waals surface area contributed by atoms with Crippen LogP contribution in [0.5, 0.6) is 0 Å². The number of nitrogens with one attached hydrogen (secondary N) is 2. The highest BCUT2D eigenvalue weighted by Crippen LogP contribution is 2.25. The minimum Gasteiger partial charge on any atom is -0.331 e. The molecule has 0 amide bonds. The van der Waals surface area contributed by atoms with Crippen LogP contribution in [-0.4, -0.2) is 14.9 Å². The van der Waals surface area contributed by atoms with Gasteiger partial charge in [-0.2, -0.15) is 5.10 Å². The normalized spacial score (nSPS) is 10.3. The van der Waals surface area contributed by atoms with E-state index >= 15 is 0 Å². The van der Waals surface area contributed by atoms with Gasteiger partial charge in [0.25, 0.3) is 0 Å². The number of nitrogens with zero attached hydrogens (tertiary/aromatic N) is 2. The van der Waals surface area contributed by atoms with Crippen LogP contribution >= 0.6 is 35.4 Å². The number of hydrogen-bond donors (Lipinski definition) is 2. The maximum absolute atomic E-state index is 6.04. The summed E-state index contributed by atoms with van der Waals surface area (Å²) in [6.07, 6.45) is 1.87. The van der Waals surface area contributed by atoms with Crippen molar-refractivity contribution in [3.05, 3.63) is 40.5 Å². The molecule has 0 aliphatic carbocycles. The molecule has 0 atom stereocenters. The van der Waals surface area contributed by atoms with Crippen LogP contribution in [0.1, 0.15) is 6.92 Å². The predicted molar refractivity (Wildman–Crippen MR) is 84.2 cm³/mol. The Kier molecular flexibility index (Phi) is 4.63. The zero-order valence-electron chi connectivity index (χ0n) is 10.2. The van der Waals surface area contributed by atoms with E-state index in [0.29, 0.717) is 26.7 Å². The molecule has 0 fully saturated rings. The van der Waals surface area contributed by atoms with Crippen molar-refractivity contribution < 1.29 is 0 Å². The first kappa shape index (κ1) is 14.1. The highest BCUT2D eigenvalue weighted by Gasteiger charge is 2.05. The lowest BCUT2D eigenvalue weighted by Crippen LogP contribution is -2.19. The van der Waals surface area contributed by atoms with E-state index in [-0.39, 0.29) is 0 Å². The van der Waals surface area contributed by atoms with Crippen molar-refractivity contribution in [2.75, 3.05) is 10.6 Å². The van der Waals surface area contributed by atoms with Crippen LogP contribution in [0, 0.1) is 0 Å². The van der Waals surface area contributed by atoms with Crippen LogP contribution in [0.2, 0.25) is 10.0 Å². The average Bonchev–Trinajstić information content (AvgIpc) is 2.81. The van der Waals surface area contributed by atoms with Gasteiger partial charge in [0.2, 0.25) is 0 Å². The number of aryl methyl sites for hydroxylation is 1. The van der Waals surface area contributed by atoms with E-state index in [1.54, 1.807) is 22.9 Å². The van der Waals surface area contributed by atoms with Crippen LogP contribution < -0.4 is 10.6 Å². The van der Waals surface area contributed by atoms with Gasteiger partial charge in [-0.3, -0.25) is 4.68 Å². The molecule has 2 N–H and O–H groups in total. The predicted octanol–water partition coefficient (Wildman–Crippen LogP) is 4.02. The Morgan fingerprint density at radius 3 is 2.79 bits per heavy atom.